The number of fused-ring (bicyclic) bond motifs is 1. The molecular weight excluding hydrogens is 208 g/mol. The summed E-state index contributed by atoms with van der Waals surface area (Å²) in [4.78, 5) is 4.41. The van der Waals surface area contributed by atoms with Gasteiger partial charge in [-0.05, 0) is 13.8 Å². The fourth-order valence-corrected chi connectivity index (χ4v) is 2.33. The molecule has 0 saturated heterocycles. The Morgan fingerprint density at radius 3 is 2.67 bits per heavy atom. The molecule has 2 aromatic rings. The Morgan fingerprint density at radius 1 is 1.27 bits per heavy atom. The van der Waals surface area contributed by atoms with E-state index in [1.54, 1.807) is 11.8 Å². The van der Waals surface area contributed by atoms with E-state index in [9.17, 15) is 0 Å². The van der Waals surface area contributed by atoms with Crippen LogP contribution in [-0.2, 0) is 0 Å². The van der Waals surface area contributed by atoms with E-state index in [1.807, 2.05) is 24.3 Å². The zero-order valence-electron chi connectivity index (χ0n) is 9.35. The summed E-state index contributed by atoms with van der Waals surface area (Å²) in [5, 5.41) is 9.74. The minimum Gasteiger partial charge on any atom is -0.258 e. The Labute approximate surface area is 93.1 Å². The molecule has 0 aromatic carbocycles. The van der Waals surface area contributed by atoms with E-state index in [2.05, 4.69) is 29.0 Å². The molecule has 0 radical (unpaired) electrons. The lowest BCUT2D eigenvalue weighted by Gasteiger charge is -2.05. The third-order valence-corrected chi connectivity index (χ3v) is 2.95. The molecule has 2 heterocycles. The summed E-state index contributed by atoms with van der Waals surface area (Å²) in [6, 6.07) is 1.95. The first-order chi connectivity index (χ1) is 7.08. The molecule has 0 saturated carbocycles. The molecule has 0 fully saturated rings. The standard InChI is InChI=1S/C10H14N4S/c1-6(2)15-10-13-12-9-5-7(3)11-8(4)14(9)10/h5-6H,1-4H3. The number of hydrogen-bond acceptors (Lipinski definition) is 4. The van der Waals surface area contributed by atoms with Crippen molar-refractivity contribution in [3.05, 3.63) is 17.6 Å². The number of thioether (sulfide) groups is 1. The van der Waals surface area contributed by atoms with Crippen LogP contribution in [0.2, 0.25) is 0 Å². The molecule has 0 atom stereocenters. The van der Waals surface area contributed by atoms with E-state index in [-0.39, 0.29) is 0 Å². The fourth-order valence-electron chi connectivity index (χ4n) is 1.49. The first kappa shape index (κ1) is 10.4. The van der Waals surface area contributed by atoms with Gasteiger partial charge in [-0.2, -0.15) is 0 Å². The maximum atomic E-state index is 4.41. The average Bonchev–Trinajstić information content (AvgIpc) is 2.46. The van der Waals surface area contributed by atoms with Crippen molar-refractivity contribution in [2.24, 2.45) is 0 Å². The molecule has 0 spiro atoms. The van der Waals surface area contributed by atoms with Gasteiger partial charge in [0.1, 0.15) is 5.82 Å². The first-order valence-corrected chi connectivity index (χ1v) is 5.82. The van der Waals surface area contributed by atoms with Gasteiger partial charge in [-0.1, -0.05) is 25.6 Å². The maximum Gasteiger partial charge on any atom is 0.197 e. The van der Waals surface area contributed by atoms with Crippen molar-refractivity contribution in [2.75, 3.05) is 0 Å². The summed E-state index contributed by atoms with van der Waals surface area (Å²) in [7, 11) is 0. The van der Waals surface area contributed by atoms with Crippen molar-refractivity contribution in [1.82, 2.24) is 19.6 Å². The molecule has 0 unspecified atom stereocenters. The second-order valence-electron chi connectivity index (χ2n) is 3.79. The van der Waals surface area contributed by atoms with Crippen LogP contribution in [0.25, 0.3) is 5.65 Å². The lowest BCUT2D eigenvalue weighted by atomic mass is 10.4. The normalized spacial score (nSPS) is 11.5. The number of rotatable bonds is 2. The van der Waals surface area contributed by atoms with Crippen molar-refractivity contribution in [3.63, 3.8) is 0 Å². The van der Waals surface area contributed by atoms with E-state index in [1.165, 1.54) is 0 Å². The largest absolute Gasteiger partial charge is 0.258 e. The van der Waals surface area contributed by atoms with Crippen LogP contribution in [0.3, 0.4) is 0 Å². The Hall–Kier alpha value is -1.10. The van der Waals surface area contributed by atoms with E-state index in [4.69, 9.17) is 0 Å². The SMILES string of the molecule is Cc1cc2nnc(SC(C)C)n2c(C)n1. The number of hydrogen-bond donors (Lipinski definition) is 0. The number of aryl methyl sites for hydroxylation is 2. The zero-order chi connectivity index (χ0) is 11.0. The lowest BCUT2D eigenvalue weighted by molar-refractivity contribution is 0.850. The highest BCUT2D eigenvalue weighted by molar-refractivity contribution is 7.99. The van der Waals surface area contributed by atoms with Crippen LogP contribution in [0, 0.1) is 13.8 Å². The van der Waals surface area contributed by atoms with Crippen molar-refractivity contribution < 1.29 is 0 Å². The lowest BCUT2D eigenvalue weighted by Crippen LogP contribution is -2.00. The average molecular weight is 222 g/mol. The Bertz CT molecular complexity index is 489. The van der Waals surface area contributed by atoms with E-state index < -0.39 is 0 Å². The molecular formula is C10H14N4S. The highest BCUT2D eigenvalue weighted by atomic mass is 32.2. The number of nitrogens with zero attached hydrogens (tertiary/aromatic N) is 4. The molecule has 80 valence electrons. The fraction of sp³-hybridized carbons (Fsp3) is 0.500. The third kappa shape index (κ3) is 1.97. The molecule has 5 heteroatoms. The van der Waals surface area contributed by atoms with Crippen LogP contribution < -0.4 is 0 Å². The second-order valence-corrected chi connectivity index (χ2v) is 5.33. The molecule has 4 nitrogen and oxygen atoms in total. The summed E-state index contributed by atoms with van der Waals surface area (Å²) in [5.74, 6) is 0.943. The van der Waals surface area contributed by atoms with Gasteiger partial charge in [0.05, 0.1) is 0 Å². The second kappa shape index (κ2) is 3.81. The molecule has 2 rings (SSSR count). The summed E-state index contributed by atoms with van der Waals surface area (Å²) >= 11 is 1.70. The maximum absolute atomic E-state index is 4.41. The van der Waals surface area contributed by atoms with Gasteiger partial charge < -0.3 is 0 Å². The molecule has 0 N–H and O–H groups in total. The Kier molecular flexibility index (Phi) is 2.65. The Balaban J connectivity index is 2.58. The van der Waals surface area contributed by atoms with E-state index in [0.717, 1.165) is 22.3 Å². The smallest absolute Gasteiger partial charge is 0.197 e. The van der Waals surface area contributed by atoms with Gasteiger partial charge in [0.15, 0.2) is 10.8 Å². The minimum absolute atomic E-state index is 0.498. The van der Waals surface area contributed by atoms with E-state index >= 15 is 0 Å². The monoisotopic (exact) mass is 222 g/mol. The summed E-state index contributed by atoms with van der Waals surface area (Å²) in [6.07, 6.45) is 0. The van der Waals surface area contributed by atoms with Gasteiger partial charge in [-0.15, -0.1) is 10.2 Å². The van der Waals surface area contributed by atoms with Gasteiger partial charge >= 0.3 is 0 Å². The first-order valence-electron chi connectivity index (χ1n) is 4.94. The van der Waals surface area contributed by atoms with Crippen molar-refractivity contribution >= 4 is 17.4 Å². The van der Waals surface area contributed by atoms with Crippen LogP contribution in [0.1, 0.15) is 25.4 Å². The predicted molar refractivity (Wildman–Crippen MR) is 61.2 cm³/mol. The molecule has 0 bridgehead atoms. The van der Waals surface area contributed by atoms with Crippen molar-refractivity contribution in [1.29, 1.82) is 0 Å². The minimum atomic E-state index is 0.498. The van der Waals surface area contributed by atoms with Gasteiger partial charge in [-0.3, -0.25) is 4.40 Å². The molecule has 2 aromatic heterocycles. The Morgan fingerprint density at radius 2 is 2.00 bits per heavy atom. The van der Waals surface area contributed by atoms with Crippen LogP contribution in [-0.4, -0.2) is 24.8 Å². The topological polar surface area (TPSA) is 43.1 Å². The van der Waals surface area contributed by atoms with Gasteiger partial charge in [0.2, 0.25) is 0 Å². The number of aromatic nitrogens is 4. The molecule has 0 aliphatic rings. The molecule has 15 heavy (non-hydrogen) atoms. The summed E-state index contributed by atoms with van der Waals surface area (Å²) in [5.41, 5.74) is 1.86. The summed E-state index contributed by atoms with van der Waals surface area (Å²) < 4.78 is 2.00. The van der Waals surface area contributed by atoms with Gasteiger partial charge in [0.25, 0.3) is 0 Å². The highest BCUT2D eigenvalue weighted by Gasteiger charge is 2.10. The van der Waals surface area contributed by atoms with Crippen molar-refractivity contribution in [2.45, 2.75) is 38.1 Å². The van der Waals surface area contributed by atoms with Crippen LogP contribution in [0.15, 0.2) is 11.2 Å². The van der Waals surface area contributed by atoms with Gasteiger partial charge in [0, 0.05) is 17.0 Å². The van der Waals surface area contributed by atoms with Crippen LogP contribution >= 0.6 is 11.8 Å². The van der Waals surface area contributed by atoms with Crippen LogP contribution in [0.4, 0.5) is 0 Å². The van der Waals surface area contributed by atoms with E-state index in [0.29, 0.717) is 5.25 Å². The quantitative estimate of drug-likeness (QED) is 0.731. The third-order valence-electron chi connectivity index (χ3n) is 2.00. The molecule has 0 aliphatic heterocycles. The molecule has 0 amide bonds. The van der Waals surface area contributed by atoms with Crippen LogP contribution in [0.5, 0.6) is 0 Å². The zero-order valence-corrected chi connectivity index (χ0v) is 10.2. The van der Waals surface area contributed by atoms with Crippen molar-refractivity contribution in [3.8, 4) is 0 Å². The highest BCUT2D eigenvalue weighted by Crippen LogP contribution is 2.22. The summed E-state index contributed by atoms with van der Waals surface area (Å²) in [6.45, 7) is 8.23. The van der Waals surface area contributed by atoms with Gasteiger partial charge in [-0.25, -0.2) is 4.98 Å². The molecule has 0 aliphatic carbocycles. The predicted octanol–water partition coefficient (Wildman–Crippen LogP) is 2.24.